The van der Waals surface area contributed by atoms with Crippen molar-refractivity contribution in [2.24, 2.45) is 0 Å². The smallest absolute Gasteiger partial charge is 0.323 e. The number of carbonyl (C=O) groups excluding carboxylic acids is 1. The summed E-state index contributed by atoms with van der Waals surface area (Å²) >= 11 is 1.50. The minimum atomic E-state index is -0.468. The summed E-state index contributed by atoms with van der Waals surface area (Å²) in [6.07, 6.45) is 1.86. The number of halogens is 2. The van der Waals surface area contributed by atoms with Crippen molar-refractivity contribution in [2.75, 3.05) is 18.8 Å². The summed E-state index contributed by atoms with van der Waals surface area (Å²) < 4.78 is 27.3. The standard InChI is InChI=1S/C15H15F2N3O2S/c16-9-1-2-11(17)10(7-9)13-3-4-20(5-6-23-13)14(21)12-8-18-15(22)19-12/h1-2,7-8,13H,3-6H2,(H2,18,19,22)/t13-/m0/s1. The number of thioether (sulfide) groups is 1. The fourth-order valence-electron chi connectivity index (χ4n) is 2.60. The molecule has 0 radical (unpaired) electrons. The highest BCUT2D eigenvalue weighted by Crippen LogP contribution is 2.36. The van der Waals surface area contributed by atoms with E-state index in [1.54, 1.807) is 4.90 Å². The summed E-state index contributed by atoms with van der Waals surface area (Å²) in [6, 6.07) is 3.44. The van der Waals surface area contributed by atoms with Gasteiger partial charge >= 0.3 is 5.69 Å². The van der Waals surface area contributed by atoms with E-state index in [0.29, 0.717) is 30.8 Å². The third-order valence-electron chi connectivity index (χ3n) is 3.76. The van der Waals surface area contributed by atoms with Crippen LogP contribution < -0.4 is 5.69 Å². The van der Waals surface area contributed by atoms with Crippen LogP contribution in [0, 0.1) is 11.6 Å². The van der Waals surface area contributed by atoms with E-state index in [1.165, 1.54) is 24.0 Å². The molecule has 2 heterocycles. The Hall–Kier alpha value is -2.09. The van der Waals surface area contributed by atoms with E-state index in [-0.39, 0.29) is 16.9 Å². The molecule has 1 fully saturated rings. The van der Waals surface area contributed by atoms with E-state index in [4.69, 9.17) is 0 Å². The van der Waals surface area contributed by atoms with Crippen molar-refractivity contribution in [3.05, 3.63) is 57.8 Å². The van der Waals surface area contributed by atoms with Crippen molar-refractivity contribution < 1.29 is 13.6 Å². The van der Waals surface area contributed by atoms with Crippen LogP contribution in [-0.4, -0.2) is 39.6 Å². The molecule has 3 rings (SSSR count). The first-order valence-electron chi connectivity index (χ1n) is 7.18. The van der Waals surface area contributed by atoms with Gasteiger partial charge in [0.2, 0.25) is 0 Å². The van der Waals surface area contributed by atoms with Gasteiger partial charge in [-0.15, -0.1) is 0 Å². The zero-order valence-electron chi connectivity index (χ0n) is 12.1. The maximum Gasteiger partial charge on any atom is 0.323 e. The second kappa shape index (κ2) is 6.57. The van der Waals surface area contributed by atoms with Gasteiger partial charge in [0.25, 0.3) is 5.91 Å². The minimum absolute atomic E-state index is 0.200. The fourth-order valence-corrected chi connectivity index (χ4v) is 3.84. The Kier molecular flexibility index (Phi) is 4.51. The largest absolute Gasteiger partial charge is 0.336 e. The van der Waals surface area contributed by atoms with Crippen molar-refractivity contribution in [3.63, 3.8) is 0 Å². The summed E-state index contributed by atoms with van der Waals surface area (Å²) in [4.78, 5) is 29.9. The van der Waals surface area contributed by atoms with Crippen molar-refractivity contribution in [1.82, 2.24) is 14.9 Å². The molecule has 23 heavy (non-hydrogen) atoms. The molecule has 122 valence electrons. The van der Waals surface area contributed by atoms with Crippen LogP contribution >= 0.6 is 11.8 Å². The zero-order chi connectivity index (χ0) is 16.4. The molecule has 1 saturated heterocycles. The summed E-state index contributed by atoms with van der Waals surface area (Å²) in [5, 5.41) is -0.200. The van der Waals surface area contributed by atoms with Gasteiger partial charge in [0.1, 0.15) is 17.3 Å². The van der Waals surface area contributed by atoms with Gasteiger partial charge in [0.15, 0.2) is 0 Å². The summed E-state index contributed by atoms with van der Waals surface area (Å²) in [5.74, 6) is -0.562. The third-order valence-corrected chi connectivity index (χ3v) is 5.07. The number of H-pyrrole nitrogens is 2. The first-order valence-corrected chi connectivity index (χ1v) is 8.23. The van der Waals surface area contributed by atoms with E-state index < -0.39 is 17.3 Å². The lowest BCUT2D eigenvalue weighted by molar-refractivity contribution is 0.0761. The highest BCUT2D eigenvalue weighted by Gasteiger charge is 2.25. The molecule has 1 aliphatic heterocycles. The molecule has 0 aliphatic carbocycles. The Morgan fingerprint density at radius 2 is 2.13 bits per heavy atom. The number of hydrogen-bond acceptors (Lipinski definition) is 3. The Labute approximate surface area is 135 Å². The summed E-state index contributed by atoms with van der Waals surface area (Å²) in [5.41, 5.74) is 0.104. The molecule has 1 aromatic carbocycles. The number of benzene rings is 1. The second-order valence-electron chi connectivity index (χ2n) is 5.26. The van der Waals surface area contributed by atoms with Crippen LogP contribution in [0.15, 0.2) is 29.2 Å². The predicted molar refractivity (Wildman–Crippen MR) is 83.5 cm³/mol. The van der Waals surface area contributed by atoms with Crippen molar-refractivity contribution in [1.29, 1.82) is 0 Å². The summed E-state index contributed by atoms with van der Waals surface area (Å²) in [6.45, 7) is 0.907. The summed E-state index contributed by atoms with van der Waals surface area (Å²) in [7, 11) is 0. The number of aromatic amines is 2. The van der Waals surface area contributed by atoms with Crippen molar-refractivity contribution >= 4 is 17.7 Å². The molecular formula is C15H15F2N3O2S. The molecule has 0 spiro atoms. The van der Waals surface area contributed by atoms with E-state index in [0.717, 1.165) is 12.1 Å². The number of amides is 1. The number of rotatable bonds is 2. The first-order chi connectivity index (χ1) is 11.0. The minimum Gasteiger partial charge on any atom is -0.336 e. The van der Waals surface area contributed by atoms with Crippen LogP contribution in [-0.2, 0) is 0 Å². The number of aromatic nitrogens is 2. The lowest BCUT2D eigenvalue weighted by Gasteiger charge is -2.19. The highest BCUT2D eigenvalue weighted by molar-refractivity contribution is 7.99. The van der Waals surface area contributed by atoms with Crippen LogP contribution in [0.2, 0.25) is 0 Å². The Bertz CT molecular complexity index is 774. The zero-order valence-corrected chi connectivity index (χ0v) is 13.0. The molecule has 1 aromatic heterocycles. The van der Waals surface area contributed by atoms with Crippen LogP contribution in [0.5, 0.6) is 0 Å². The normalized spacial score (nSPS) is 18.7. The van der Waals surface area contributed by atoms with E-state index in [2.05, 4.69) is 9.97 Å². The quantitative estimate of drug-likeness (QED) is 0.882. The molecule has 1 amide bonds. The molecule has 0 saturated carbocycles. The van der Waals surface area contributed by atoms with Crippen molar-refractivity contribution in [3.8, 4) is 0 Å². The van der Waals surface area contributed by atoms with Crippen LogP contribution in [0.4, 0.5) is 8.78 Å². The van der Waals surface area contributed by atoms with Crippen LogP contribution in [0.1, 0.15) is 27.7 Å². The monoisotopic (exact) mass is 339 g/mol. The van der Waals surface area contributed by atoms with Crippen LogP contribution in [0.25, 0.3) is 0 Å². The van der Waals surface area contributed by atoms with E-state index in [1.807, 2.05) is 0 Å². The van der Waals surface area contributed by atoms with Crippen LogP contribution in [0.3, 0.4) is 0 Å². The average Bonchev–Trinajstić information content (AvgIpc) is 2.82. The van der Waals surface area contributed by atoms with Gasteiger partial charge in [-0.25, -0.2) is 13.6 Å². The lowest BCUT2D eigenvalue weighted by atomic mass is 10.1. The number of hydrogen-bond donors (Lipinski definition) is 2. The molecule has 1 atom stereocenters. The van der Waals surface area contributed by atoms with Gasteiger partial charge in [-0.3, -0.25) is 4.79 Å². The molecule has 0 unspecified atom stereocenters. The van der Waals surface area contributed by atoms with Gasteiger partial charge in [0.05, 0.1) is 0 Å². The predicted octanol–water partition coefficient (Wildman–Crippen LogP) is 2.30. The number of imidazole rings is 1. The van der Waals surface area contributed by atoms with Gasteiger partial charge < -0.3 is 14.9 Å². The Morgan fingerprint density at radius 1 is 1.30 bits per heavy atom. The molecule has 0 bridgehead atoms. The maximum absolute atomic E-state index is 13.9. The van der Waals surface area contributed by atoms with E-state index in [9.17, 15) is 18.4 Å². The van der Waals surface area contributed by atoms with Crippen molar-refractivity contribution in [2.45, 2.75) is 11.7 Å². The maximum atomic E-state index is 13.9. The Morgan fingerprint density at radius 3 is 2.87 bits per heavy atom. The first kappa shape index (κ1) is 15.8. The Balaban J connectivity index is 1.73. The molecule has 2 aromatic rings. The van der Waals surface area contributed by atoms with Gasteiger partial charge in [-0.1, -0.05) is 0 Å². The number of nitrogens with zero attached hydrogens (tertiary/aromatic N) is 1. The lowest BCUT2D eigenvalue weighted by Crippen LogP contribution is -2.33. The molecule has 2 N–H and O–H groups in total. The third kappa shape index (κ3) is 3.47. The van der Waals surface area contributed by atoms with Gasteiger partial charge in [0, 0.05) is 35.9 Å². The highest BCUT2D eigenvalue weighted by atomic mass is 32.2. The van der Waals surface area contributed by atoms with Gasteiger partial charge in [-0.2, -0.15) is 11.8 Å². The van der Waals surface area contributed by atoms with Gasteiger partial charge in [-0.05, 0) is 24.6 Å². The SMILES string of the molecule is O=C(c1c[nH]c(=O)[nH]1)N1CCS[C@H](c2cc(F)ccc2F)CC1. The number of carbonyl (C=O) groups is 1. The number of nitrogens with one attached hydrogen (secondary N) is 2. The molecule has 8 heteroatoms. The molecule has 1 aliphatic rings. The molecular weight excluding hydrogens is 324 g/mol. The topological polar surface area (TPSA) is 69.0 Å². The fraction of sp³-hybridized carbons (Fsp3) is 0.333. The average molecular weight is 339 g/mol. The second-order valence-corrected chi connectivity index (χ2v) is 6.57. The molecule has 5 nitrogen and oxygen atoms in total. The van der Waals surface area contributed by atoms with E-state index >= 15 is 0 Å².